The third-order valence-electron chi connectivity index (χ3n) is 4.09. The SMILES string of the molecule is CCCC1CCCN(S(=O)(=O)c2ccc(CO)cn2)CC1. The molecule has 2 rings (SSSR count). The summed E-state index contributed by atoms with van der Waals surface area (Å²) in [5.41, 5.74) is 0.618. The van der Waals surface area contributed by atoms with E-state index in [2.05, 4.69) is 11.9 Å². The highest BCUT2D eigenvalue weighted by Crippen LogP contribution is 2.25. The van der Waals surface area contributed by atoms with Gasteiger partial charge in [-0.2, -0.15) is 4.31 Å². The van der Waals surface area contributed by atoms with Gasteiger partial charge >= 0.3 is 0 Å². The molecule has 0 aromatic carbocycles. The molecule has 6 heteroatoms. The summed E-state index contributed by atoms with van der Waals surface area (Å²) in [7, 11) is -3.51. The zero-order valence-electron chi connectivity index (χ0n) is 12.5. The Labute approximate surface area is 127 Å². The van der Waals surface area contributed by atoms with Crippen LogP contribution >= 0.6 is 0 Å². The number of sulfonamides is 1. The van der Waals surface area contributed by atoms with Gasteiger partial charge in [0.05, 0.1) is 6.61 Å². The number of rotatable bonds is 5. The van der Waals surface area contributed by atoms with Crippen molar-refractivity contribution in [2.45, 2.75) is 50.7 Å². The molecule has 0 saturated carbocycles. The highest BCUT2D eigenvalue weighted by molar-refractivity contribution is 7.89. The van der Waals surface area contributed by atoms with Crippen LogP contribution in [0.1, 0.15) is 44.6 Å². The lowest BCUT2D eigenvalue weighted by molar-refractivity contribution is 0.281. The molecule has 1 N–H and O–H groups in total. The Balaban J connectivity index is 2.11. The van der Waals surface area contributed by atoms with Crippen LogP contribution in [0.2, 0.25) is 0 Å². The van der Waals surface area contributed by atoms with Crippen LogP contribution in [-0.4, -0.2) is 35.9 Å². The van der Waals surface area contributed by atoms with Crippen LogP contribution in [0.3, 0.4) is 0 Å². The van der Waals surface area contributed by atoms with Crippen molar-refractivity contribution in [2.24, 2.45) is 5.92 Å². The Morgan fingerprint density at radius 3 is 2.76 bits per heavy atom. The van der Waals surface area contributed by atoms with Crippen LogP contribution in [0, 0.1) is 5.92 Å². The fourth-order valence-electron chi connectivity index (χ4n) is 2.87. The minimum atomic E-state index is -3.51. The predicted molar refractivity (Wildman–Crippen MR) is 81.2 cm³/mol. The molecule has 1 fully saturated rings. The van der Waals surface area contributed by atoms with Crippen molar-refractivity contribution >= 4 is 10.0 Å². The Kier molecular flexibility index (Phi) is 5.72. The average molecular weight is 312 g/mol. The van der Waals surface area contributed by atoms with Crippen molar-refractivity contribution in [1.82, 2.24) is 9.29 Å². The maximum atomic E-state index is 12.6. The molecule has 0 radical (unpaired) electrons. The van der Waals surface area contributed by atoms with Crippen LogP contribution < -0.4 is 0 Å². The third kappa shape index (κ3) is 4.02. The first kappa shape index (κ1) is 16.4. The van der Waals surface area contributed by atoms with E-state index in [1.807, 2.05) is 0 Å². The second-order valence-electron chi connectivity index (χ2n) is 5.65. The van der Waals surface area contributed by atoms with Gasteiger partial charge in [-0.3, -0.25) is 0 Å². The van der Waals surface area contributed by atoms with Crippen LogP contribution in [0.5, 0.6) is 0 Å². The topological polar surface area (TPSA) is 70.5 Å². The fourth-order valence-corrected chi connectivity index (χ4v) is 4.27. The van der Waals surface area contributed by atoms with Gasteiger partial charge in [-0.15, -0.1) is 0 Å². The highest BCUT2D eigenvalue weighted by atomic mass is 32.2. The molecular weight excluding hydrogens is 288 g/mol. The van der Waals surface area contributed by atoms with E-state index >= 15 is 0 Å². The lowest BCUT2D eigenvalue weighted by Crippen LogP contribution is -2.32. The standard InChI is InChI=1S/C15H24N2O3S/c1-2-4-13-5-3-9-17(10-8-13)21(19,20)15-7-6-14(12-18)11-16-15/h6-7,11,13,18H,2-5,8-10,12H2,1H3. The van der Waals surface area contributed by atoms with Gasteiger partial charge in [-0.05, 0) is 36.8 Å². The number of aromatic nitrogens is 1. The molecule has 5 nitrogen and oxygen atoms in total. The third-order valence-corrected chi connectivity index (χ3v) is 5.90. The molecule has 0 amide bonds. The molecule has 0 aliphatic carbocycles. The first-order chi connectivity index (χ1) is 10.1. The van der Waals surface area contributed by atoms with Crippen molar-refractivity contribution in [3.05, 3.63) is 23.9 Å². The largest absolute Gasteiger partial charge is 0.392 e. The van der Waals surface area contributed by atoms with E-state index in [-0.39, 0.29) is 11.6 Å². The minimum Gasteiger partial charge on any atom is -0.392 e. The summed E-state index contributed by atoms with van der Waals surface area (Å²) in [4.78, 5) is 3.99. The molecule has 118 valence electrons. The molecule has 0 spiro atoms. The van der Waals surface area contributed by atoms with Gasteiger partial charge in [0, 0.05) is 19.3 Å². The van der Waals surface area contributed by atoms with Crippen molar-refractivity contribution in [1.29, 1.82) is 0 Å². The van der Waals surface area contributed by atoms with E-state index < -0.39 is 10.0 Å². The molecule has 1 aliphatic rings. The van der Waals surface area contributed by atoms with E-state index in [1.165, 1.54) is 18.7 Å². The van der Waals surface area contributed by atoms with Crippen molar-refractivity contribution < 1.29 is 13.5 Å². The number of aliphatic hydroxyl groups excluding tert-OH is 1. The van der Waals surface area contributed by atoms with E-state index in [1.54, 1.807) is 10.4 Å². The van der Waals surface area contributed by atoms with Crippen LogP contribution in [-0.2, 0) is 16.6 Å². The first-order valence-corrected chi connectivity index (χ1v) is 9.08. The Hall–Kier alpha value is -0.980. The van der Waals surface area contributed by atoms with Gasteiger partial charge in [-0.25, -0.2) is 13.4 Å². The predicted octanol–water partition coefficient (Wildman–Crippen LogP) is 2.16. The Morgan fingerprint density at radius 1 is 1.33 bits per heavy atom. The van der Waals surface area contributed by atoms with Gasteiger partial charge in [0.25, 0.3) is 10.0 Å². The molecule has 2 heterocycles. The summed E-state index contributed by atoms with van der Waals surface area (Å²) in [6.45, 7) is 3.20. The second-order valence-corrected chi connectivity index (χ2v) is 7.54. The van der Waals surface area contributed by atoms with Gasteiger partial charge in [0.2, 0.25) is 0 Å². The smallest absolute Gasteiger partial charge is 0.260 e. The van der Waals surface area contributed by atoms with Crippen molar-refractivity contribution in [3.8, 4) is 0 Å². The zero-order valence-corrected chi connectivity index (χ0v) is 13.3. The molecule has 1 atom stereocenters. The van der Waals surface area contributed by atoms with Gasteiger partial charge in [0.1, 0.15) is 0 Å². The van der Waals surface area contributed by atoms with Crippen molar-refractivity contribution in [2.75, 3.05) is 13.1 Å². The molecule has 1 aromatic heterocycles. The summed E-state index contributed by atoms with van der Waals surface area (Å²) in [6, 6.07) is 3.09. The van der Waals surface area contributed by atoms with E-state index in [9.17, 15) is 8.42 Å². The zero-order chi connectivity index (χ0) is 15.3. The molecular formula is C15H24N2O3S. The minimum absolute atomic E-state index is 0.0774. The Morgan fingerprint density at radius 2 is 2.14 bits per heavy atom. The average Bonchev–Trinajstić information content (AvgIpc) is 2.74. The fraction of sp³-hybridized carbons (Fsp3) is 0.667. The first-order valence-electron chi connectivity index (χ1n) is 7.64. The number of pyridine rings is 1. The lowest BCUT2D eigenvalue weighted by atomic mass is 9.96. The molecule has 1 aromatic rings. The van der Waals surface area contributed by atoms with Crippen LogP contribution in [0.25, 0.3) is 0 Å². The van der Waals surface area contributed by atoms with E-state index in [0.29, 0.717) is 24.6 Å². The summed E-state index contributed by atoms with van der Waals surface area (Å²) in [5, 5.41) is 9.07. The molecule has 1 aliphatic heterocycles. The van der Waals surface area contributed by atoms with Crippen LogP contribution in [0.4, 0.5) is 0 Å². The normalized spacial score (nSPS) is 21.1. The summed E-state index contributed by atoms with van der Waals surface area (Å²) in [6.07, 6.45) is 6.71. The summed E-state index contributed by atoms with van der Waals surface area (Å²) in [5.74, 6) is 0.639. The second kappa shape index (κ2) is 7.33. The number of hydrogen-bond donors (Lipinski definition) is 1. The maximum Gasteiger partial charge on any atom is 0.260 e. The lowest BCUT2D eigenvalue weighted by Gasteiger charge is -2.19. The maximum absolute atomic E-state index is 12.6. The number of hydrogen-bond acceptors (Lipinski definition) is 4. The number of nitrogens with zero attached hydrogens (tertiary/aromatic N) is 2. The molecule has 1 saturated heterocycles. The van der Waals surface area contributed by atoms with E-state index in [4.69, 9.17) is 5.11 Å². The van der Waals surface area contributed by atoms with Gasteiger partial charge in [0.15, 0.2) is 5.03 Å². The molecule has 0 bridgehead atoms. The number of aliphatic hydroxyl groups is 1. The van der Waals surface area contributed by atoms with Gasteiger partial charge in [-0.1, -0.05) is 25.8 Å². The van der Waals surface area contributed by atoms with E-state index in [0.717, 1.165) is 25.7 Å². The van der Waals surface area contributed by atoms with Crippen LogP contribution in [0.15, 0.2) is 23.4 Å². The highest BCUT2D eigenvalue weighted by Gasteiger charge is 2.28. The summed E-state index contributed by atoms with van der Waals surface area (Å²) < 4.78 is 26.8. The Bertz CT molecular complexity index is 543. The molecule has 1 unspecified atom stereocenters. The quantitative estimate of drug-likeness (QED) is 0.904. The van der Waals surface area contributed by atoms with Crippen molar-refractivity contribution in [3.63, 3.8) is 0 Å². The monoisotopic (exact) mass is 312 g/mol. The molecule has 21 heavy (non-hydrogen) atoms. The summed E-state index contributed by atoms with van der Waals surface area (Å²) >= 11 is 0. The van der Waals surface area contributed by atoms with Gasteiger partial charge < -0.3 is 5.11 Å².